The van der Waals surface area contributed by atoms with Crippen LogP contribution in [0.1, 0.15) is 30.1 Å². The Morgan fingerprint density at radius 3 is 3.12 bits per heavy atom. The van der Waals surface area contributed by atoms with Gasteiger partial charge in [0, 0.05) is 35.7 Å². The first-order chi connectivity index (χ1) is 8.40. The molecule has 0 saturated carbocycles. The summed E-state index contributed by atoms with van der Waals surface area (Å²) >= 11 is 0. The summed E-state index contributed by atoms with van der Waals surface area (Å²) in [7, 11) is 0. The Kier molecular flexibility index (Phi) is 2.87. The zero-order chi connectivity index (χ0) is 11.7. The summed E-state index contributed by atoms with van der Waals surface area (Å²) in [6.07, 6.45) is 3.66. The summed E-state index contributed by atoms with van der Waals surface area (Å²) in [6.45, 7) is 1.59. The molecule has 3 nitrogen and oxygen atoms in total. The Bertz CT molecular complexity index is 515. The Labute approximate surface area is 101 Å². The van der Waals surface area contributed by atoms with Crippen molar-refractivity contribution in [2.75, 3.05) is 13.1 Å². The van der Waals surface area contributed by atoms with Gasteiger partial charge in [0.2, 0.25) is 0 Å². The van der Waals surface area contributed by atoms with Crippen LogP contribution in [0.15, 0.2) is 24.3 Å². The molecule has 3 heteroatoms. The molecule has 0 radical (unpaired) electrons. The van der Waals surface area contributed by atoms with Gasteiger partial charge < -0.3 is 16.0 Å². The summed E-state index contributed by atoms with van der Waals surface area (Å²) in [6, 6.07) is 9.04. The van der Waals surface area contributed by atoms with Gasteiger partial charge in [0.05, 0.1) is 0 Å². The molecular weight excluding hydrogens is 210 g/mol. The van der Waals surface area contributed by atoms with Gasteiger partial charge in [-0.3, -0.25) is 0 Å². The average Bonchev–Trinajstić information content (AvgIpc) is 2.75. The van der Waals surface area contributed by atoms with Crippen molar-refractivity contribution in [1.82, 2.24) is 10.3 Å². The fourth-order valence-electron chi connectivity index (χ4n) is 2.88. The third-order valence-electron chi connectivity index (χ3n) is 3.65. The van der Waals surface area contributed by atoms with E-state index in [4.69, 9.17) is 5.73 Å². The third-order valence-corrected chi connectivity index (χ3v) is 3.65. The van der Waals surface area contributed by atoms with E-state index in [9.17, 15) is 0 Å². The lowest BCUT2D eigenvalue weighted by Gasteiger charge is -2.23. The van der Waals surface area contributed by atoms with Crippen molar-refractivity contribution in [2.45, 2.75) is 25.3 Å². The summed E-state index contributed by atoms with van der Waals surface area (Å²) in [4.78, 5) is 3.57. The van der Waals surface area contributed by atoms with Crippen LogP contribution in [0.4, 0.5) is 0 Å². The predicted octanol–water partition coefficient (Wildman–Crippen LogP) is 2.09. The second-order valence-electron chi connectivity index (χ2n) is 4.75. The lowest BCUT2D eigenvalue weighted by molar-refractivity contribution is 0.459. The molecule has 0 saturated heterocycles. The van der Waals surface area contributed by atoms with Crippen LogP contribution in [0.5, 0.6) is 0 Å². The Balaban J connectivity index is 2.02. The largest absolute Gasteiger partial charge is 0.357 e. The third kappa shape index (κ3) is 1.85. The molecule has 1 aromatic heterocycles. The van der Waals surface area contributed by atoms with E-state index in [0.717, 1.165) is 6.54 Å². The molecule has 4 N–H and O–H groups in total. The van der Waals surface area contributed by atoms with E-state index in [1.54, 1.807) is 0 Å². The normalized spacial score (nSPS) is 19.5. The van der Waals surface area contributed by atoms with E-state index in [0.29, 0.717) is 12.6 Å². The molecular formula is C14H19N3. The number of benzene rings is 1. The summed E-state index contributed by atoms with van der Waals surface area (Å²) in [5.41, 5.74) is 9.71. The lowest BCUT2D eigenvalue weighted by atomic mass is 9.92. The van der Waals surface area contributed by atoms with E-state index in [1.807, 2.05) is 0 Å². The Hall–Kier alpha value is -1.32. The SMILES string of the molecule is NCCNC1CCCc2c1[nH]c1ccccc21. The minimum absolute atomic E-state index is 0.453. The topological polar surface area (TPSA) is 53.8 Å². The first-order valence-electron chi connectivity index (χ1n) is 6.43. The van der Waals surface area contributed by atoms with E-state index in [1.165, 1.54) is 41.4 Å². The zero-order valence-corrected chi connectivity index (χ0v) is 10.00. The highest BCUT2D eigenvalue weighted by atomic mass is 15.0. The zero-order valence-electron chi connectivity index (χ0n) is 10.00. The smallest absolute Gasteiger partial charge is 0.0476 e. The maximum absolute atomic E-state index is 5.57. The molecule has 0 spiro atoms. The molecule has 0 fully saturated rings. The molecule has 1 aliphatic rings. The van der Waals surface area contributed by atoms with Gasteiger partial charge in [0.1, 0.15) is 0 Å². The van der Waals surface area contributed by atoms with Crippen LogP contribution < -0.4 is 11.1 Å². The fraction of sp³-hybridized carbons (Fsp3) is 0.429. The maximum atomic E-state index is 5.57. The van der Waals surface area contributed by atoms with Crippen LogP contribution in [0.2, 0.25) is 0 Å². The van der Waals surface area contributed by atoms with Crippen molar-refractivity contribution >= 4 is 10.9 Å². The number of nitrogens with two attached hydrogens (primary N) is 1. The number of hydrogen-bond acceptors (Lipinski definition) is 2. The fourth-order valence-corrected chi connectivity index (χ4v) is 2.88. The standard InChI is InChI=1S/C14H19N3/c15-8-9-16-13-7-3-5-11-10-4-1-2-6-12(10)17-14(11)13/h1-2,4,6,13,16-17H,3,5,7-9,15H2. The molecule has 0 amide bonds. The van der Waals surface area contributed by atoms with Crippen molar-refractivity contribution in [1.29, 1.82) is 0 Å². The molecule has 2 aromatic rings. The minimum atomic E-state index is 0.453. The molecule has 1 unspecified atom stereocenters. The molecule has 90 valence electrons. The molecule has 3 rings (SSSR count). The van der Waals surface area contributed by atoms with Gasteiger partial charge in [0.25, 0.3) is 0 Å². The van der Waals surface area contributed by atoms with Gasteiger partial charge in [-0.2, -0.15) is 0 Å². The molecule has 17 heavy (non-hydrogen) atoms. The van der Waals surface area contributed by atoms with E-state index in [2.05, 4.69) is 34.6 Å². The van der Waals surface area contributed by atoms with Crippen molar-refractivity contribution in [3.05, 3.63) is 35.5 Å². The molecule has 0 aliphatic heterocycles. The van der Waals surface area contributed by atoms with Crippen LogP contribution in [-0.4, -0.2) is 18.1 Å². The van der Waals surface area contributed by atoms with Crippen LogP contribution in [0, 0.1) is 0 Å². The molecule has 1 aromatic carbocycles. The number of nitrogens with one attached hydrogen (secondary N) is 2. The van der Waals surface area contributed by atoms with Gasteiger partial charge >= 0.3 is 0 Å². The highest BCUT2D eigenvalue weighted by Crippen LogP contribution is 2.34. The minimum Gasteiger partial charge on any atom is -0.357 e. The summed E-state index contributed by atoms with van der Waals surface area (Å²) in [5, 5.41) is 4.92. The second-order valence-corrected chi connectivity index (χ2v) is 4.75. The molecule has 1 atom stereocenters. The van der Waals surface area contributed by atoms with Crippen molar-refractivity contribution in [3.8, 4) is 0 Å². The number of fused-ring (bicyclic) bond motifs is 3. The first-order valence-corrected chi connectivity index (χ1v) is 6.43. The van der Waals surface area contributed by atoms with Gasteiger partial charge in [0.15, 0.2) is 0 Å². The highest BCUT2D eigenvalue weighted by Gasteiger charge is 2.23. The molecule has 1 heterocycles. The lowest BCUT2D eigenvalue weighted by Crippen LogP contribution is -2.29. The van der Waals surface area contributed by atoms with E-state index in [-0.39, 0.29) is 0 Å². The number of aryl methyl sites for hydroxylation is 1. The van der Waals surface area contributed by atoms with Crippen LogP contribution in [0.3, 0.4) is 0 Å². The average molecular weight is 229 g/mol. The number of para-hydroxylation sites is 1. The van der Waals surface area contributed by atoms with Gasteiger partial charge in [-0.1, -0.05) is 18.2 Å². The van der Waals surface area contributed by atoms with Crippen molar-refractivity contribution < 1.29 is 0 Å². The van der Waals surface area contributed by atoms with Crippen molar-refractivity contribution in [3.63, 3.8) is 0 Å². The number of H-pyrrole nitrogens is 1. The number of aromatic amines is 1. The summed E-state index contributed by atoms with van der Waals surface area (Å²) in [5.74, 6) is 0. The van der Waals surface area contributed by atoms with Gasteiger partial charge in [-0.15, -0.1) is 0 Å². The van der Waals surface area contributed by atoms with Crippen LogP contribution in [-0.2, 0) is 6.42 Å². The van der Waals surface area contributed by atoms with Gasteiger partial charge in [-0.25, -0.2) is 0 Å². The molecule has 0 bridgehead atoms. The van der Waals surface area contributed by atoms with E-state index < -0.39 is 0 Å². The maximum Gasteiger partial charge on any atom is 0.0476 e. The summed E-state index contributed by atoms with van der Waals surface area (Å²) < 4.78 is 0. The van der Waals surface area contributed by atoms with Crippen LogP contribution in [0.25, 0.3) is 10.9 Å². The Morgan fingerprint density at radius 1 is 1.35 bits per heavy atom. The highest BCUT2D eigenvalue weighted by molar-refractivity contribution is 5.85. The number of rotatable bonds is 3. The first kappa shape index (κ1) is 10.8. The molecule has 1 aliphatic carbocycles. The number of hydrogen-bond donors (Lipinski definition) is 3. The quantitative estimate of drug-likeness (QED) is 0.755. The monoisotopic (exact) mass is 229 g/mol. The second kappa shape index (κ2) is 4.51. The van der Waals surface area contributed by atoms with Gasteiger partial charge in [-0.05, 0) is 30.9 Å². The Morgan fingerprint density at radius 2 is 2.24 bits per heavy atom. The number of aromatic nitrogens is 1. The van der Waals surface area contributed by atoms with Crippen molar-refractivity contribution in [2.24, 2.45) is 5.73 Å². The van der Waals surface area contributed by atoms with Crippen LogP contribution >= 0.6 is 0 Å². The van der Waals surface area contributed by atoms with E-state index >= 15 is 0 Å². The predicted molar refractivity (Wildman–Crippen MR) is 71.0 cm³/mol.